The van der Waals surface area contributed by atoms with Crippen molar-refractivity contribution in [3.8, 4) is 11.6 Å². The van der Waals surface area contributed by atoms with Crippen LogP contribution in [0.15, 0.2) is 24.3 Å². The summed E-state index contributed by atoms with van der Waals surface area (Å²) in [5.74, 6) is 2.41. The molecular formula is C15H18ClN3O. The summed E-state index contributed by atoms with van der Waals surface area (Å²) < 4.78 is 5.76. The first-order valence-electron chi connectivity index (χ1n) is 6.60. The summed E-state index contributed by atoms with van der Waals surface area (Å²) in [5, 5.41) is 0.741. The molecule has 1 aromatic heterocycles. The van der Waals surface area contributed by atoms with Crippen molar-refractivity contribution in [3.63, 3.8) is 0 Å². The van der Waals surface area contributed by atoms with E-state index in [1.165, 1.54) is 0 Å². The van der Waals surface area contributed by atoms with E-state index in [1.807, 2.05) is 39.0 Å². The van der Waals surface area contributed by atoms with Crippen LogP contribution in [-0.4, -0.2) is 9.97 Å². The Hall–Kier alpha value is -1.81. The number of hydrogen-bond donors (Lipinski definition) is 1. The van der Waals surface area contributed by atoms with Gasteiger partial charge in [0.2, 0.25) is 5.88 Å². The summed E-state index contributed by atoms with van der Waals surface area (Å²) >= 11 is 6.09. The Morgan fingerprint density at radius 2 is 2.00 bits per heavy atom. The molecule has 1 heterocycles. The van der Waals surface area contributed by atoms with Gasteiger partial charge in [-0.3, -0.25) is 0 Å². The van der Waals surface area contributed by atoms with Crippen LogP contribution in [-0.2, 0) is 6.42 Å². The van der Waals surface area contributed by atoms with E-state index in [4.69, 9.17) is 22.1 Å². The van der Waals surface area contributed by atoms with Gasteiger partial charge < -0.3 is 10.5 Å². The number of rotatable bonds is 4. The SMILES string of the molecule is CCc1cc(Oc2cc(N)nc(C(C)C)n2)ccc1Cl. The van der Waals surface area contributed by atoms with Gasteiger partial charge in [0, 0.05) is 17.0 Å². The molecule has 0 bridgehead atoms. The van der Waals surface area contributed by atoms with Crippen LogP contribution in [0, 0.1) is 0 Å². The van der Waals surface area contributed by atoms with Crippen molar-refractivity contribution in [2.24, 2.45) is 0 Å². The number of ether oxygens (including phenoxy) is 1. The fourth-order valence-corrected chi connectivity index (χ4v) is 2.03. The molecule has 0 aliphatic carbocycles. The molecule has 0 atom stereocenters. The minimum atomic E-state index is 0.192. The average molecular weight is 292 g/mol. The zero-order valence-electron chi connectivity index (χ0n) is 11.9. The molecule has 2 aromatic rings. The van der Waals surface area contributed by atoms with Gasteiger partial charge in [-0.25, -0.2) is 4.98 Å². The van der Waals surface area contributed by atoms with Crippen molar-refractivity contribution in [1.29, 1.82) is 0 Å². The molecule has 1 aromatic carbocycles. The molecule has 0 fully saturated rings. The first-order valence-corrected chi connectivity index (χ1v) is 6.98. The van der Waals surface area contributed by atoms with Gasteiger partial charge in [0.05, 0.1) is 0 Å². The van der Waals surface area contributed by atoms with E-state index < -0.39 is 0 Å². The quantitative estimate of drug-likeness (QED) is 0.917. The standard InChI is InChI=1S/C15H18ClN3O/c1-4-10-7-11(5-6-12(10)16)20-14-8-13(17)18-15(19-14)9(2)3/h5-9H,4H2,1-3H3,(H2,17,18,19). The third-order valence-electron chi connectivity index (χ3n) is 2.88. The predicted octanol–water partition coefficient (Wildman–Crippen LogP) is 4.19. The molecule has 0 aliphatic heterocycles. The molecule has 5 heteroatoms. The Morgan fingerprint density at radius 1 is 1.25 bits per heavy atom. The number of aryl methyl sites for hydroxylation is 1. The summed E-state index contributed by atoms with van der Waals surface area (Å²) in [5.41, 5.74) is 6.82. The number of anilines is 1. The van der Waals surface area contributed by atoms with Crippen molar-refractivity contribution in [3.05, 3.63) is 40.7 Å². The number of nitrogen functional groups attached to an aromatic ring is 1. The minimum Gasteiger partial charge on any atom is -0.439 e. The first-order chi connectivity index (χ1) is 9.49. The lowest BCUT2D eigenvalue weighted by Gasteiger charge is -2.10. The smallest absolute Gasteiger partial charge is 0.224 e. The molecule has 0 unspecified atom stereocenters. The van der Waals surface area contributed by atoms with Gasteiger partial charge in [-0.15, -0.1) is 0 Å². The second-order valence-electron chi connectivity index (χ2n) is 4.85. The monoisotopic (exact) mass is 291 g/mol. The van der Waals surface area contributed by atoms with Crippen LogP contribution in [0.1, 0.15) is 38.1 Å². The van der Waals surface area contributed by atoms with E-state index in [2.05, 4.69) is 9.97 Å². The summed E-state index contributed by atoms with van der Waals surface area (Å²) in [4.78, 5) is 8.55. The van der Waals surface area contributed by atoms with E-state index in [1.54, 1.807) is 6.07 Å². The number of aromatic nitrogens is 2. The average Bonchev–Trinajstić information content (AvgIpc) is 2.40. The molecular weight excluding hydrogens is 274 g/mol. The molecule has 2 N–H and O–H groups in total. The van der Waals surface area contributed by atoms with Crippen molar-refractivity contribution < 1.29 is 4.74 Å². The number of nitrogens with two attached hydrogens (primary N) is 1. The molecule has 0 amide bonds. The fraction of sp³-hybridized carbons (Fsp3) is 0.333. The highest BCUT2D eigenvalue weighted by molar-refractivity contribution is 6.31. The van der Waals surface area contributed by atoms with Crippen LogP contribution >= 0.6 is 11.6 Å². The van der Waals surface area contributed by atoms with Crippen molar-refractivity contribution >= 4 is 17.4 Å². The summed E-state index contributed by atoms with van der Waals surface area (Å²) in [7, 11) is 0. The lowest BCUT2D eigenvalue weighted by molar-refractivity contribution is 0.457. The topological polar surface area (TPSA) is 61.0 Å². The molecule has 20 heavy (non-hydrogen) atoms. The molecule has 0 radical (unpaired) electrons. The van der Waals surface area contributed by atoms with Crippen molar-refractivity contribution in [1.82, 2.24) is 9.97 Å². The third-order valence-corrected chi connectivity index (χ3v) is 3.25. The van der Waals surface area contributed by atoms with E-state index in [-0.39, 0.29) is 5.92 Å². The van der Waals surface area contributed by atoms with Gasteiger partial charge in [0.15, 0.2) is 0 Å². The van der Waals surface area contributed by atoms with Crippen LogP contribution in [0.2, 0.25) is 5.02 Å². The van der Waals surface area contributed by atoms with Gasteiger partial charge in [-0.2, -0.15) is 4.98 Å². The molecule has 0 aliphatic rings. The predicted molar refractivity (Wildman–Crippen MR) is 81.4 cm³/mol. The van der Waals surface area contributed by atoms with Gasteiger partial charge in [-0.1, -0.05) is 32.4 Å². The second-order valence-corrected chi connectivity index (χ2v) is 5.26. The van der Waals surface area contributed by atoms with Gasteiger partial charge in [0.25, 0.3) is 0 Å². The van der Waals surface area contributed by atoms with Crippen molar-refractivity contribution in [2.75, 3.05) is 5.73 Å². The highest BCUT2D eigenvalue weighted by Gasteiger charge is 2.09. The minimum absolute atomic E-state index is 0.192. The van der Waals surface area contributed by atoms with Crippen LogP contribution in [0.25, 0.3) is 0 Å². The Morgan fingerprint density at radius 3 is 2.65 bits per heavy atom. The summed E-state index contributed by atoms with van der Waals surface area (Å²) in [6.45, 7) is 6.07. The molecule has 2 rings (SSSR count). The summed E-state index contributed by atoms with van der Waals surface area (Å²) in [6.07, 6.45) is 0.846. The molecule has 0 saturated heterocycles. The first kappa shape index (κ1) is 14.6. The lowest BCUT2D eigenvalue weighted by Crippen LogP contribution is -2.03. The Balaban J connectivity index is 2.30. The molecule has 0 spiro atoms. The Labute approximate surface area is 124 Å². The van der Waals surface area contributed by atoms with Gasteiger partial charge >= 0.3 is 0 Å². The van der Waals surface area contributed by atoms with E-state index in [0.717, 1.165) is 17.0 Å². The zero-order chi connectivity index (χ0) is 14.7. The van der Waals surface area contributed by atoms with E-state index in [9.17, 15) is 0 Å². The fourth-order valence-electron chi connectivity index (χ4n) is 1.78. The van der Waals surface area contributed by atoms with E-state index in [0.29, 0.717) is 23.3 Å². The lowest BCUT2D eigenvalue weighted by atomic mass is 10.1. The molecule has 0 saturated carbocycles. The van der Waals surface area contributed by atoms with Gasteiger partial charge in [-0.05, 0) is 30.2 Å². The number of nitrogens with zero attached hydrogens (tertiary/aromatic N) is 2. The number of hydrogen-bond acceptors (Lipinski definition) is 4. The molecule has 4 nitrogen and oxygen atoms in total. The summed E-state index contributed by atoms with van der Waals surface area (Å²) in [6, 6.07) is 7.17. The van der Waals surface area contributed by atoms with E-state index >= 15 is 0 Å². The maximum atomic E-state index is 6.09. The van der Waals surface area contributed by atoms with Crippen molar-refractivity contribution in [2.45, 2.75) is 33.1 Å². The highest BCUT2D eigenvalue weighted by atomic mass is 35.5. The molecule has 106 valence electrons. The number of halogens is 1. The van der Waals surface area contributed by atoms with Gasteiger partial charge in [0.1, 0.15) is 17.4 Å². The Bertz CT molecular complexity index is 614. The number of benzene rings is 1. The maximum Gasteiger partial charge on any atom is 0.224 e. The van der Waals surface area contributed by atoms with Crippen LogP contribution in [0.3, 0.4) is 0 Å². The Kier molecular flexibility index (Phi) is 4.45. The third kappa shape index (κ3) is 3.39. The van der Waals surface area contributed by atoms with Crippen LogP contribution in [0.4, 0.5) is 5.82 Å². The van der Waals surface area contributed by atoms with Crippen LogP contribution < -0.4 is 10.5 Å². The maximum absolute atomic E-state index is 6.09. The van der Waals surface area contributed by atoms with Crippen LogP contribution in [0.5, 0.6) is 11.6 Å². The normalized spacial score (nSPS) is 10.8. The highest BCUT2D eigenvalue weighted by Crippen LogP contribution is 2.27. The zero-order valence-corrected chi connectivity index (χ0v) is 12.6. The second kappa shape index (κ2) is 6.09. The largest absolute Gasteiger partial charge is 0.439 e.